The SMILES string of the molecule is CCOc1ccc(F)c(N2CC[C@@H](Oc3ccc(N4C[C@H](C)C[C@@H]4CC(=O)O)cc3)[C@H](C)C2)c1. The third-order valence-electron chi connectivity index (χ3n) is 6.89. The monoisotopic (exact) mass is 470 g/mol. The average molecular weight is 471 g/mol. The zero-order chi connectivity index (χ0) is 24.2. The number of nitrogens with zero attached hydrogens (tertiary/aromatic N) is 2. The summed E-state index contributed by atoms with van der Waals surface area (Å²) in [4.78, 5) is 15.5. The van der Waals surface area contributed by atoms with Crippen molar-refractivity contribution in [1.29, 1.82) is 0 Å². The van der Waals surface area contributed by atoms with E-state index in [9.17, 15) is 14.3 Å². The minimum absolute atomic E-state index is 0.0326. The number of hydrogen-bond donors (Lipinski definition) is 1. The number of hydrogen-bond acceptors (Lipinski definition) is 5. The van der Waals surface area contributed by atoms with E-state index in [1.54, 1.807) is 12.1 Å². The summed E-state index contributed by atoms with van der Waals surface area (Å²) in [7, 11) is 0. The highest BCUT2D eigenvalue weighted by Crippen LogP contribution is 2.34. The lowest BCUT2D eigenvalue weighted by Crippen LogP contribution is -2.44. The summed E-state index contributed by atoms with van der Waals surface area (Å²) in [6.45, 7) is 9.05. The molecule has 2 aromatic rings. The van der Waals surface area contributed by atoms with Gasteiger partial charge in [0.1, 0.15) is 23.4 Å². The zero-order valence-corrected chi connectivity index (χ0v) is 20.2. The van der Waals surface area contributed by atoms with Crippen LogP contribution in [0.25, 0.3) is 0 Å². The molecule has 6 nitrogen and oxygen atoms in total. The number of aliphatic carboxylic acids is 1. The average Bonchev–Trinajstić information content (AvgIpc) is 3.16. The molecule has 0 amide bonds. The van der Waals surface area contributed by atoms with Gasteiger partial charge in [-0.15, -0.1) is 0 Å². The van der Waals surface area contributed by atoms with E-state index in [-0.39, 0.29) is 30.3 Å². The van der Waals surface area contributed by atoms with E-state index in [0.717, 1.165) is 30.8 Å². The van der Waals surface area contributed by atoms with Crippen molar-refractivity contribution in [1.82, 2.24) is 0 Å². The molecular weight excluding hydrogens is 435 g/mol. The van der Waals surface area contributed by atoms with Gasteiger partial charge >= 0.3 is 5.97 Å². The summed E-state index contributed by atoms with van der Waals surface area (Å²) < 4.78 is 26.4. The van der Waals surface area contributed by atoms with Gasteiger partial charge in [0.25, 0.3) is 0 Å². The molecule has 0 spiro atoms. The van der Waals surface area contributed by atoms with Gasteiger partial charge in [0.15, 0.2) is 0 Å². The number of ether oxygens (including phenoxy) is 2. The van der Waals surface area contributed by atoms with Crippen LogP contribution in [0.1, 0.15) is 40.0 Å². The van der Waals surface area contributed by atoms with Crippen LogP contribution >= 0.6 is 0 Å². The number of carbonyl (C=O) groups is 1. The summed E-state index contributed by atoms with van der Waals surface area (Å²) in [5.74, 6) is 1.20. The normalized spacial score (nSPS) is 24.8. The zero-order valence-electron chi connectivity index (χ0n) is 20.2. The second-order valence-electron chi connectivity index (χ2n) is 9.65. The lowest BCUT2D eigenvalue weighted by molar-refractivity contribution is -0.137. The Morgan fingerprint density at radius 3 is 2.53 bits per heavy atom. The van der Waals surface area contributed by atoms with Gasteiger partial charge in [-0.25, -0.2) is 4.39 Å². The quantitative estimate of drug-likeness (QED) is 0.572. The molecule has 2 aliphatic rings. The van der Waals surface area contributed by atoms with Crippen LogP contribution in [0.3, 0.4) is 0 Å². The molecule has 0 bridgehead atoms. The number of anilines is 2. The molecule has 4 rings (SSSR count). The standard InChI is InChI=1S/C27H35FN2O4/c1-4-33-23-9-10-24(28)25(15-23)29-12-11-26(19(3)17-29)34-22-7-5-20(6-8-22)30-16-18(2)13-21(30)14-27(31)32/h5-10,15,18-19,21,26H,4,11-14,16-17H2,1-3H3,(H,31,32)/t18-,19-,21-,26-/m1/s1. The Bertz CT molecular complexity index is 983. The van der Waals surface area contributed by atoms with Crippen molar-refractivity contribution in [3.05, 3.63) is 48.3 Å². The first kappa shape index (κ1) is 24.2. The van der Waals surface area contributed by atoms with E-state index in [1.807, 2.05) is 31.2 Å². The summed E-state index contributed by atoms with van der Waals surface area (Å²) in [5.41, 5.74) is 1.62. The van der Waals surface area contributed by atoms with E-state index in [2.05, 4.69) is 23.6 Å². The van der Waals surface area contributed by atoms with E-state index < -0.39 is 5.97 Å². The van der Waals surface area contributed by atoms with Gasteiger partial charge in [-0.2, -0.15) is 0 Å². The summed E-state index contributed by atoms with van der Waals surface area (Å²) >= 11 is 0. The second kappa shape index (κ2) is 10.5. The highest BCUT2D eigenvalue weighted by molar-refractivity contribution is 5.69. The molecule has 2 heterocycles. The third-order valence-corrected chi connectivity index (χ3v) is 6.89. The molecule has 0 saturated carbocycles. The van der Waals surface area contributed by atoms with Gasteiger partial charge in [-0.3, -0.25) is 4.79 Å². The van der Waals surface area contributed by atoms with Gasteiger partial charge in [0, 0.05) is 49.8 Å². The van der Waals surface area contributed by atoms with Crippen LogP contribution in [0, 0.1) is 17.7 Å². The van der Waals surface area contributed by atoms with E-state index >= 15 is 0 Å². The number of rotatable bonds is 8. The van der Waals surface area contributed by atoms with E-state index in [0.29, 0.717) is 37.1 Å². The molecular formula is C27H35FN2O4. The first-order chi connectivity index (χ1) is 16.3. The van der Waals surface area contributed by atoms with E-state index in [1.165, 1.54) is 6.07 Å². The van der Waals surface area contributed by atoms with Gasteiger partial charge < -0.3 is 24.4 Å². The fourth-order valence-corrected chi connectivity index (χ4v) is 5.26. The largest absolute Gasteiger partial charge is 0.494 e. The molecule has 1 N–H and O–H groups in total. The number of piperidine rings is 1. The molecule has 184 valence electrons. The predicted octanol–water partition coefficient (Wildman–Crippen LogP) is 5.21. The van der Waals surface area contributed by atoms with Crippen molar-refractivity contribution < 1.29 is 23.8 Å². The molecule has 2 saturated heterocycles. The van der Waals surface area contributed by atoms with Crippen molar-refractivity contribution in [2.24, 2.45) is 11.8 Å². The van der Waals surface area contributed by atoms with Gasteiger partial charge in [-0.05, 0) is 55.7 Å². The Hall–Kier alpha value is -2.96. The molecule has 0 aliphatic carbocycles. The minimum Gasteiger partial charge on any atom is -0.494 e. The summed E-state index contributed by atoms with van der Waals surface area (Å²) in [6, 6.07) is 12.9. The molecule has 0 aromatic heterocycles. The Labute approximate surface area is 201 Å². The van der Waals surface area contributed by atoms with Crippen molar-refractivity contribution in [2.75, 3.05) is 36.0 Å². The maximum absolute atomic E-state index is 14.5. The topological polar surface area (TPSA) is 62.2 Å². The number of benzene rings is 2. The Balaban J connectivity index is 1.37. The fourth-order valence-electron chi connectivity index (χ4n) is 5.26. The minimum atomic E-state index is -0.756. The van der Waals surface area contributed by atoms with Crippen molar-refractivity contribution in [3.63, 3.8) is 0 Å². The fraction of sp³-hybridized carbons (Fsp3) is 0.519. The van der Waals surface area contributed by atoms with Gasteiger partial charge in [-0.1, -0.05) is 13.8 Å². The predicted molar refractivity (Wildman–Crippen MR) is 132 cm³/mol. The van der Waals surface area contributed by atoms with Crippen LogP contribution in [0.4, 0.5) is 15.8 Å². The molecule has 0 unspecified atom stereocenters. The van der Waals surface area contributed by atoms with Crippen molar-refractivity contribution in [2.45, 2.75) is 52.2 Å². The highest BCUT2D eigenvalue weighted by Gasteiger charge is 2.32. The number of halogens is 1. The first-order valence-electron chi connectivity index (χ1n) is 12.3. The van der Waals surface area contributed by atoms with Crippen LogP contribution in [0.2, 0.25) is 0 Å². The maximum Gasteiger partial charge on any atom is 0.305 e. The smallest absolute Gasteiger partial charge is 0.305 e. The van der Waals surface area contributed by atoms with Crippen LogP contribution in [0.15, 0.2) is 42.5 Å². The first-order valence-corrected chi connectivity index (χ1v) is 12.3. The number of carboxylic acid groups (broad SMARTS) is 1. The molecule has 34 heavy (non-hydrogen) atoms. The highest BCUT2D eigenvalue weighted by atomic mass is 19.1. The van der Waals surface area contributed by atoms with Crippen LogP contribution < -0.4 is 19.3 Å². The Morgan fingerprint density at radius 1 is 1.12 bits per heavy atom. The molecule has 4 atom stereocenters. The lowest BCUT2D eigenvalue weighted by Gasteiger charge is -2.38. The van der Waals surface area contributed by atoms with E-state index in [4.69, 9.17) is 9.47 Å². The third kappa shape index (κ3) is 5.57. The lowest BCUT2D eigenvalue weighted by atomic mass is 9.95. The molecule has 0 radical (unpaired) electrons. The Morgan fingerprint density at radius 2 is 1.85 bits per heavy atom. The number of carboxylic acids is 1. The van der Waals surface area contributed by atoms with Crippen LogP contribution in [0.5, 0.6) is 11.5 Å². The summed E-state index contributed by atoms with van der Waals surface area (Å²) in [5, 5.41) is 9.24. The molecule has 2 aromatic carbocycles. The molecule has 2 fully saturated rings. The second-order valence-corrected chi connectivity index (χ2v) is 9.65. The van der Waals surface area contributed by atoms with Crippen molar-refractivity contribution >= 4 is 17.3 Å². The maximum atomic E-state index is 14.5. The van der Waals surface area contributed by atoms with Crippen LogP contribution in [-0.4, -0.2) is 49.5 Å². The van der Waals surface area contributed by atoms with Crippen molar-refractivity contribution in [3.8, 4) is 11.5 Å². The van der Waals surface area contributed by atoms with Gasteiger partial charge in [0.05, 0.1) is 18.7 Å². The molecule has 7 heteroatoms. The summed E-state index contributed by atoms with van der Waals surface area (Å²) in [6.07, 6.45) is 1.90. The Kier molecular flexibility index (Phi) is 7.49. The van der Waals surface area contributed by atoms with Crippen LogP contribution in [-0.2, 0) is 4.79 Å². The molecule has 2 aliphatic heterocycles. The van der Waals surface area contributed by atoms with Gasteiger partial charge in [0.2, 0.25) is 0 Å².